The second kappa shape index (κ2) is 15.6. The molecule has 3 atom stereocenters. The molecular formula is C26H40O8. The first-order valence-corrected chi connectivity index (χ1v) is 12.0. The van der Waals surface area contributed by atoms with Crippen LogP contribution >= 0.6 is 0 Å². The largest absolute Gasteiger partial charge is 0.492 e. The molecule has 0 aromatic heterocycles. The third-order valence-corrected chi connectivity index (χ3v) is 5.87. The normalized spacial score (nSPS) is 17.4. The molecule has 0 spiro atoms. The Morgan fingerprint density at radius 1 is 0.794 bits per heavy atom. The van der Waals surface area contributed by atoms with E-state index in [1.54, 1.807) is 0 Å². The summed E-state index contributed by atoms with van der Waals surface area (Å²) in [5.74, 6) is 3.60. The Kier molecular flexibility index (Phi) is 12.8. The van der Waals surface area contributed by atoms with Crippen LogP contribution in [0.5, 0.6) is 11.5 Å². The number of hydrogen-bond donors (Lipinski definition) is 4. The molecule has 0 aliphatic heterocycles. The molecule has 4 N–H and O–H groups in total. The second-order valence-corrected chi connectivity index (χ2v) is 8.57. The van der Waals surface area contributed by atoms with Gasteiger partial charge in [-0.25, -0.2) is 0 Å². The van der Waals surface area contributed by atoms with Crippen LogP contribution in [-0.2, 0) is 15.9 Å². The van der Waals surface area contributed by atoms with Crippen LogP contribution in [0, 0.1) is 17.8 Å². The van der Waals surface area contributed by atoms with Crippen LogP contribution in [0.25, 0.3) is 0 Å². The maximum Gasteiger partial charge on any atom is 0.161 e. The van der Waals surface area contributed by atoms with Crippen molar-refractivity contribution < 1.29 is 39.4 Å². The number of ether oxygens (including phenoxy) is 4. The van der Waals surface area contributed by atoms with Gasteiger partial charge in [-0.2, -0.15) is 0 Å². The average molecular weight is 481 g/mol. The van der Waals surface area contributed by atoms with Gasteiger partial charge < -0.3 is 39.4 Å². The Labute approximate surface area is 202 Å². The number of aliphatic hydroxyl groups excluding tert-OH is 4. The molecule has 1 unspecified atom stereocenters. The molecule has 1 aliphatic carbocycles. The van der Waals surface area contributed by atoms with E-state index in [-0.39, 0.29) is 52.9 Å². The number of benzene rings is 1. The summed E-state index contributed by atoms with van der Waals surface area (Å²) in [6.45, 7) is 4.96. The van der Waals surface area contributed by atoms with Crippen LogP contribution in [0.1, 0.15) is 32.3 Å². The minimum Gasteiger partial charge on any atom is -0.492 e. The second-order valence-electron chi connectivity index (χ2n) is 8.57. The van der Waals surface area contributed by atoms with Crippen molar-refractivity contribution in [2.45, 2.75) is 33.1 Å². The number of hydrogen-bond acceptors (Lipinski definition) is 8. The van der Waals surface area contributed by atoms with Gasteiger partial charge in [-0.05, 0) is 54.4 Å². The summed E-state index contributed by atoms with van der Waals surface area (Å²) < 4.78 is 22.5. The van der Waals surface area contributed by atoms with Crippen LogP contribution in [0.3, 0.4) is 0 Å². The van der Waals surface area contributed by atoms with Crippen molar-refractivity contribution in [3.8, 4) is 11.5 Å². The van der Waals surface area contributed by atoms with Gasteiger partial charge in [0, 0.05) is 6.42 Å². The lowest BCUT2D eigenvalue weighted by Gasteiger charge is -2.27. The van der Waals surface area contributed by atoms with Crippen LogP contribution in [0.2, 0.25) is 0 Å². The highest BCUT2D eigenvalue weighted by atomic mass is 16.5. The van der Waals surface area contributed by atoms with E-state index in [2.05, 4.69) is 19.9 Å². The van der Waals surface area contributed by atoms with Crippen molar-refractivity contribution in [2.75, 3.05) is 52.9 Å². The Balaban J connectivity index is 1.98. The highest BCUT2D eigenvalue weighted by Crippen LogP contribution is 2.34. The molecule has 0 radical (unpaired) electrons. The fourth-order valence-corrected chi connectivity index (χ4v) is 3.97. The molecule has 1 aromatic carbocycles. The first-order valence-electron chi connectivity index (χ1n) is 12.0. The molecule has 2 rings (SSSR count). The summed E-state index contributed by atoms with van der Waals surface area (Å²) in [5, 5.41) is 36.3. The SMILES string of the molecule is C[C@H](Cc1ccc(OCCO)c(OCCO)c1)[C@@H](C)CC1C=CC(OCCO)=C(OCCO)C1. The van der Waals surface area contributed by atoms with Crippen LogP contribution in [-0.4, -0.2) is 73.3 Å². The molecule has 0 fully saturated rings. The predicted octanol–water partition coefficient (Wildman–Crippen LogP) is 2.44. The van der Waals surface area contributed by atoms with Gasteiger partial charge in [0.25, 0.3) is 0 Å². The van der Waals surface area contributed by atoms with Gasteiger partial charge in [0.1, 0.15) is 32.2 Å². The lowest BCUT2D eigenvalue weighted by molar-refractivity contribution is 0.0995. The monoisotopic (exact) mass is 480 g/mol. The van der Waals surface area contributed by atoms with Crippen LogP contribution in [0.15, 0.2) is 41.9 Å². The zero-order valence-corrected chi connectivity index (χ0v) is 20.3. The standard InChI is InChI=1S/C26H40O8/c1-19(15-21-3-5-23(31-11-7-27)25(17-21)33-13-9-29)20(2)16-22-4-6-24(32-12-8-28)26(18-22)34-14-10-30/h3-6,17,19-20,22,27-30H,7-16,18H2,1-2H3/t19-,20+,22?/m1/s1. The van der Waals surface area contributed by atoms with E-state index >= 15 is 0 Å². The molecule has 34 heavy (non-hydrogen) atoms. The molecule has 8 heteroatoms. The highest BCUT2D eigenvalue weighted by Gasteiger charge is 2.23. The third kappa shape index (κ3) is 9.18. The maximum absolute atomic E-state index is 9.12. The molecule has 0 saturated carbocycles. The van der Waals surface area contributed by atoms with E-state index in [4.69, 9.17) is 39.4 Å². The Bertz CT molecular complexity index is 776. The maximum atomic E-state index is 9.12. The summed E-state index contributed by atoms with van der Waals surface area (Å²) >= 11 is 0. The lowest BCUT2D eigenvalue weighted by Crippen LogP contribution is -2.18. The molecule has 1 aliphatic rings. The topological polar surface area (TPSA) is 118 Å². The number of rotatable bonds is 17. The molecular weight excluding hydrogens is 440 g/mol. The molecule has 192 valence electrons. The van der Waals surface area contributed by atoms with Gasteiger partial charge in [-0.3, -0.25) is 0 Å². The van der Waals surface area contributed by atoms with Crippen molar-refractivity contribution >= 4 is 0 Å². The Morgan fingerprint density at radius 3 is 2.09 bits per heavy atom. The molecule has 0 heterocycles. The zero-order valence-electron chi connectivity index (χ0n) is 20.3. The van der Waals surface area contributed by atoms with Gasteiger partial charge in [0.05, 0.1) is 26.4 Å². The molecule has 0 amide bonds. The van der Waals surface area contributed by atoms with Crippen LogP contribution < -0.4 is 9.47 Å². The van der Waals surface area contributed by atoms with Crippen LogP contribution in [0.4, 0.5) is 0 Å². The zero-order chi connectivity index (χ0) is 24.8. The first-order chi connectivity index (χ1) is 16.5. The van der Waals surface area contributed by atoms with E-state index in [0.29, 0.717) is 41.4 Å². The van der Waals surface area contributed by atoms with Crippen molar-refractivity contribution in [3.05, 3.63) is 47.4 Å². The smallest absolute Gasteiger partial charge is 0.161 e. The Morgan fingerprint density at radius 2 is 1.41 bits per heavy atom. The first kappa shape index (κ1) is 28.0. The number of aliphatic hydroxyl groups is 4. The van der Waals surface area contributed by atoms with Crippen molar-refractivity contribution in [3.63, 3.8) is 0 Å². The van der Waals surface area contributed by atoms with Gasteiger partial charge in [-0.1, -0.05) is 26.0 Å². The van der Waals surface area contributed by atoms with Gasteiger partial charge >= 0.3 is 0 Å². The average Bonchev–Trinajstić information content (AvgIpc) is 2.84. The summed E-state index contributed by atoms with van der Waals surface area (Å²) in [6.07, 6.45) is 6.58. The van der Waals surface area contributed by atoms with Crippen molar-refractivity contribution in [2.24, 2.45) is 17.8 Å². The van der Waals surface area contributed by atoms with E-state index in [1.807, 2.05) is 24.3 Å². The summed E-state index contributed by atoms with van der Waals surface area (Å²) in [5.41, 5.74) is 1.12. The van der Waals surface area contributed by atoms with E-state index in [1.165, 1.54) is 0 Å². The highest BCUT2D eigenvalue weighted by molar-refractivity contribution is 5.43. The fourth-order valence-electron chi connectivity index (χ4n) is 3.97. The lowest BCUT2D eigenvalue weighted by atomic mass is 9.81. The predicted molar refractivity (Wildman–Crippen MR) is 129 cm³/mol. The summed E-state index contributed by atoms with van der Waals surface area (Å²) in [4.78, 5) is 0. The summed E-state index contributed by atoms with van der Waals surface area (Å²) in [6, 6.07) is 5.81. The molecule has 0 saturated heterocycles. The summed E-state index contributed by atoms with van der Waals surface area (Å²) in [7, 11) is 0. The van der Waals surface area contributed by atoms with Crippen molar-refractivity contribution in [1.29, 1.82) is 0 Å². The van der Waals surface area contributed by atoms with E-state index in [9.17, 15) is 0 Å². The molecule has 0 bridgehead atoms. The van der Waals surface area contributed by atoms with Gasteiger partial charge in [-0.15, -0.1) is 0 Å². The quantitative estimate of drug-likeness (QED) is 0.269. The fraction of sp³-hybridized carbons (Fsp3) is 0.615. The minimum absolute atomic E-state index is 0.0631. The molecule has 1 aromatic rings. The minimum atomic E-state index is -0.0861. The number of allylic oxidation sites excluding steroid dienone is 3. The van der Waals surface area contributed by atoms with Crippen molar-refractivity contribution in [1.82, 2.24) is 0 Å². The van der Waals surface area contributed by atoms with Gasteiger partial charge in [0.15, 0.2) is 17.3 Å². The van der Waals surface area contributed by atoms with E-state index in [0.717, 1.165) is 24.2 Å². The van der Waals surface area contributed by atoms with Gasteiger partial charge in [0.2, 0.25) is 0 Å². The molecule has 8 nitrogen and oxygen atoms in total. The third-order valence-electron chi connectivity index (χ3n) is 5.87. The Hall–Kier alpha value is -2.26. The van der Waals surface area contributed by atoms with E-state index < -0.39 is 0 Å².